The molecule has 0 saturated heterocycles. The molecule has 0 amide bonds. The fourth-order valence-corrected chi connectivity index (χ4v) is 2.60. The molecule has 0 aromatic heterocycles. The second-order valence-electron chi connectivity index (χ2n) is 4.72. The molecule has 1 aromatic rings. The summed E-state index contributed by atoms with van der Waals surface area (Å²) in [6.07, 6.45) is 6.46. The first-order chi connectivity index (χ1) is 7.63. The highest BCUT2D eigenvalue weighted by atomic mass is 79.9. The summed E-state index contributed by atoms with van der Waals surface area (Å²) in [5.74, 6) is 0. The quantitative estimate of drug-likeness (QED) is 0.498. The molecular formula is C15H23Br. The van der Waals surface area contributed by atoms with Crippen LogP contribution in [0, 0.1) is 13.8 Å². The summed E-state index contributed by atoms with van der Waals surface area (Å²) in [6, 6.07) is 6.82. The molecule has 1 heteroatoms. The van der Waals surface area contributed by atoms with Gasteiger partial charge in [-0.05, 0) is 43.4 Å². The van der Waals surface area contributed by atoms with E-state index in [9.17, 15) is 0 Å². The summed E-state index contributed by atoms with van der Waals surface area (Å²) < 4.78 is 0. The fraction of sp³-hybridized carbons (Fsp3) is 0.600. The molecule has 0 aliphatic carbocycles. The molecule has 1 unspecified atom stereocenters. The molecule has 0 nitrogen and oxygen atoms in total. The number of halogens is 1. The smallest absolute Gasteiger partial charge is 0.0186 e. The first-order valence-electron chi connectivity index (χ1n) is 6.33. The van der Waals surface area contributed by atoms with Crippen molar-refractivity contribution in [2.75, 3.05) is 0 Å². The zero-order chi connectivity index (χ0) is 12.0. The normalized spacial score (nSPS) is 12.8. The zero-order valence-corrected chi connectivity index (χ0v) is 12.3. The molecule has 0 heterocycles. The van der Waals surface area contributed by atoms with Crippen molar-refractivity contribution in [3.05, 3.63) is 34.9 Å². The van der Waals surface area contributed by atoms with Crippen molar-refractivity contribution in [2.24, 2.45) is 0 Å². The van der Waals surface area contributed by atoms with Crippen molar-refractivity contribution in [3.8, 4) is 0 Å². The molecule has 0 radical (unpaired) electrons. The summed E-state index contributed by atoms with van der Waals surface area (Å²) in [5.41, 5.74) is 4.26. The van der Waals surface area contributed by atoms with Gasteiger partial charge in [-0.1, -0.05) is 60.3 Å². The predicted octanol–water partition coefficient (Wildman–Crippen LogP) is 5.19. The highest BCUT2D eigenvalue weighted by Gasteiger charge is 2.05. The maximum atomic E-state index is 3.79. The van der Waals surface area contributed by atoms with Gasteiger partial charge in [-0.15, -0.1) is 0 Å². The number of alkyl halides is 1. The lowest BCUT2D eigenvalue weighted by molar-refractivity contribution is 0.648. The van der Waals surface area contributed by atoms with Gasteiger partial charge in [0, 0.05) is 4.83 Å². The van der Waals surface area contributed by atoms with Crippen LogP contribution in [0.15, 0.2) is 18.2 Å². The van der Waals surface area contributed by atoms with Crippen molar-refractivity contribution in [2.45, 2.75) is 57.7 Å². The minimum atomic E-state index is 0.640. The van der Waals surface area contributed by atoms with E-state index in [1.807, 2.05) is 0 Å². The molecule has 1 rings (SSSR count). The number of aryl methyl sites for hydroxylation is 2. The molecule has 0 aliphatic rings. The van der Waals surface area contributed by atoms with Crippen LogP contribution >= 0.6 is 15.9 Å². The first-order valence-corrected chi connectivity index (χ1v) is 7.25. The van der Waals surface area contributed by atoms with E-state index >= 15 is 0 Å². The third-order valence-electron chi connectivity index (χ3n) is 3.15. The van der Waals surface area contributed by atoms with E-state index in [1.165, 1.54) is 42.4 Å². The van der Waals surface area contributed by atoms with Crippen LogP contribution in [0.1, 0.15) is 49.3 Å². The largest absolute Gasteiger partial charge is 0.0887 e. The van der Waals surface area contributed by atoms with Gasteiger partial charge in [-0.25, -0.2) is 0 Å². The van der Waals surface area contributed by atoms with Crippen LogP contribution in [0.3, 0.4) is 0 Å². The summed E-state index contributed by atoms with van der Waals surface area (Å²) in [7, 11) is 0. The number of hydrogen-bond donors (Lipinski definition) is 0. The summed E-state index contributed by atoms with van der Waals surface area (Å²) in [5, 5.41) is 0. The number of benzene rings is 1. The minimum absolute atomic E-state index is 0.640. The van der Waals surface area contributed by atoms with Crippen molar-refractivity contribution >= 4 is 15.9 Å². The van der Waals surface area contributed by atoms with Crippen LogP contribution in [-0.2, 0) is 6.42 Å². The van der Waals surface area contributed by atoms with Crippen molar-refractivity contribution in [1.29, 1.82) is 0 Å². The van der Waals surface area contributed by atoms with Crippen LogP contribution < -0.4 is 0 Å². The van der Waals surface area contributed by atoms with Gasteiger partial charge in [0.1, 0.15) is 0 Å². The number of unbranched alkanes of at least 4 members (excludes halogenated alkanes) is 2. The Bertz CT molecular complexity index is 317. The topological polar surface area (TPSA) is 0 Å². The van der Waals surface area contributed by atoms with E-state index in [0.717, 1.165) is 6.42 Å². The maximum absolute atomic E-state index is 3.79. The van der Waals surface area contributed by atoms with E-state index in [2.05, 4.69) is 54.9 Å². The summed E-state index contributed by atoms with van der Waals surface area (Å²) in [4.78, 5) is 0.640. The van der Waals surface area contributed by atoms with Crippen molar-refractivity contribution in [1.82, 2.24) is 0 Å². The highest BCUT2D eigenvalue weighted by molar-refractivity contribution is 9.09. The van der Waals surface area contributed by atoms with Crippen molar-refractivity contribution < 1.29 is 0 Å². The van der Waals surface area contributed by atoms with Gasteiger partial charge < -0.3 is 0 Å². The average Bonchev–Trinajstić information content (AvgIpc) is 2.24. The van der Waals surface area contributed by atoms with E-state index in [4.69, 9.17) is 0 Å². The molecule has 0 saturated carbocycles. The van der Waals surface area contributed by atoms with Gasteiger partial charge in [0.05, 0.1) is 0 Å². The van der Waals surface area contributed by atoms with Gasteiger partial charge in [0.2, 0.25) is 0 Å². The Hall–Kier alpha value is -0.300. The molecule has 16 heavy (non-hydrogen) atoms. The fourth-order valence-electron chi connectivity index (χ4n) is 1.90. The Morgan fingerprint density at radius 3 is 2.50 bits per heavy atom. The summed E-state index contributed by atoms with van der Waals surface area (Å²) in [6.45, 7) is 6.62. The molecule has 0 spiro atoms. The highest BCUT2D eigenvalue weighted by Crippen LogP contribution is 2.18. The van der Waals surface area contributed by atoms with Gasteiger partial charge in [-0.2, -0.15) is 0 Å². The first kappa shape index (κ1) is 13.8. The van der Waals surface area contributed by atoms with Crippen LogP contribution in [0.4, 0.5) is 0 Å². The second-order valence-corrected chi connectivity index (χ2v) is 6.01. The van der Waals surface area contributed by atoms with Gasteiger partial charge in [0.15, 0.2) is 0 Å². The lowest BCUT2D eigenvalue weighted by Gasteiger charge is -2.11. The Morgan fingerprint density at radius 2 is 1.88 bits per heavy atom. The predicted molar refractivity (Wildman–Crippen MR) is 76.5 cm³/mol. The van der Waals surface area contributed by atoms with Gasteiger partial charge >= 0.3 is 0 Å². The standard InChI is InChI=1S/C15H23Br/c1-4-5-6-7-15(16)11-14-9-8-12(2)13(3)10-14/h8-10,15H,4-7,11H2,1-3H3. The minimum Gasteiger partial charge on any atom is -0.0887 e. The molecule has 0 bridgehead atoms. The Kier molecular flexibility index (Phi) is 6.12. The van der Waals surface area contributed by atoms with Crippen molar-refractivity contribution in [3.63, 3.8) is 0 Å². The molecule has 90 valence electrons. The lowest BCUT2D eigenvalue weighted by Crippen LogP contribution is -2.03. The van der Waals surface area contributed by atoms with E-state index in [-0.39, 0.29) is 0 Å². The van der Waals surface area contributed by atoms with E-state index < -0.39 is 0 Å². The number of hydrogen-bond acceptors (Lipinski definition) is 0. The maximum Gasteiger partial charge on any atom is 0.0186 e. The van der Waals surface area contributed by atoms with E-state index in [0.29, 0.717) is 4.83 Å². The van der Waals surface area contributed by atoms with Crippen LogP contribution in [0.5, 0.6) is 0 Å². The third kappa shape index (κ3) is 4.69. The SMILES string of the molecule is CCCCCC(Br)Cc1ccc(C)c(C)c1. The second kappa shape index (κ2) is 7.11. The van der Waals surface area contributed by atoms with Crippen LogP contribution in [0.25, 0.3) is 0 Å². The van der Waals surface area contributed by atoms with E-state index in [1.54, 1.807) is 0 Å². The Balaban J connectivity index is 2.43. The molecule has 0 aliphatic heterocycles. The molecule has 1 atom stereocenters. The van der Waals surface area contributed by atoms with Crippen LogP contribution in [0.2, 0.25) is 0 Å². The van der Waals surface area contributed by atoms with Gasteiger partial charge in [-0.3, -0.25) is 0 Å². The summed E-state index contributed by atoms with van der Waals surface area (Å²) >= 11 is 3.79. The zero-order valence-electron chi connectivity index (χ0n) is 10.7. The Labute approximate surface area is 109 Å². The third-order valence-corrected chi connectivity index (χ3v) is 3.93. The average molecular weight is 283 g/mol. The van der Waals surface area contributed by atoms with Crippen LogP contribution in [-0.4, -0.2) is 4.83 Å². The molecule has 0 fully saturated rings. The molecule has 1 aromatic carbocycles. The number of rotatable bonds is 6. The lowest BCUT2D eigenvalue weighted by atomic mass is 10.0. The van der Waals surface area contributed by atoms with Gasteiger partial charge in [0.25, 0.3) is 0 Å². The Morgan fingerprint density at radius 1 is 1.12 bits per heavy atom. The monoisotopic (exact) mass is 282 g/mol. The molecular weight excluding hydrogens is 260 g/mol. The molecule has 0 N–H and O–H groups in total.